The van der Waals surface area contributed by atoms with Crippen LogP contribution in [-0.2, 0) is 15.7 Å². The molecule has 0 bridgehead atoms. The highest BCUT2D eigenvalue weighted by Crippen LogP contribution is 2.32. The van der Waals surface area contributed by atoms with Crippen LogP contribution < -0.4 is 0 Å². The van der Waals surface area contributed by atoms with Gasteiger partial charge < -0.3 is 9.84 Å². The van der Waals surface area contributed by atoms with Gasteiger partial charge in [-0.05, 0) is 74.1 Å². The molecule has 0 amide bonds. The Morgan fingerprint density at radius 2 is 1.66 bits per heavy atom. The number of alkyl halides is 3. The third-order valence-corrected chi connectivity index (χ3v) is 6.54. The van der Waals surface area contributed by atoms with Crippen molar-refractivity contribution in [2.75, 3.05) is 12.9 Å². The Morgan fingerprint density at radius 3 is 2.16 bits per heavy atom. The number of aryl methyl sites for hydroxylation is 3. The minimum Gasteiger partial charge on any atom is -0.511 e. The van der Waals surface area contributed by atoms with Crippen LogP contribution in [0.15, 0.2) is 47.1 Å². The summed E-state index contributed by atoms with van der Waals surface area (Å²) in [6.07, 6.45) is -3.43. The minimum absolute atomic E-state index is 0.0155. The van der Waals surface area contributed by atoms with E-state index in [0.717, 1.165) is 33.7 Å². The summed E-state index contributed by atoms with van der Waals surface area (Å²) < 4.78 is 43.0. The van der Waals surface area contributed by atoms with E-state index in [-0.39, 0.29) is 17.3 Å². The SMILES string of the molecule is COC(=O)/C(=C(/O)CCC(C)CSc1ccc(C(F)(F)F)cc1)c1c(C)cc(C)cc1C. The Balaban J connectivity index is 2.08. The first kappa shape index (κ1) is 25.8. The maximum absolute atomic E-state index is 12.7. The van der Waals surface area contributed by atoms with Crippen LogP contribution in [0.3, 0.4) is 0 Å². The van der Waals surface area contributed by atoms with E-state index in [1.54, 1.807) is 0 Å². The summed E-state index contributed by atoms with van der Waals surface area (Å²) in [5.74, 6) is 0.251. The van der Waals surface area contributed by atoms with Gasteiger partial charge in [-0.1, -0.05) is 24.6 Å². The second-order valence-electron chi connectivity index (χ2n) is 8.06. The lowest BCUT2D eigenvalue weighted by Crippen LogP contribution is -2.11. The van der Waals surface area contributed by atoms with Crippen LogP contribution in [0.2, 0.25) is 0 Å². The summed E-state index contributed by atoms with van der Waals surface area (Å²) >= 11 is 1.46. The first-order valence-electron chi connectivity index (χ1n) is 10.3. The van der Waals surface area contributed by atoms with Gasteiger partial charge in [-0.25, -0.2) is 4.79 Å². The van der Waals surface area contributed by atoms with Crippen molar-refractivity contribution in [1.29, 1.82) is 0 Å². The molecule has 32 heavy (non-hydrogen) atoms. The molecule has 0 aliphatic carbocycles. The quantitative estimate of drug-likeness (QED) is 0.192. The van der Waals surface area contributed by atoms with E-state index < -0.39 is 17.7 Å². The third-order valence-electron chi connectivity index (χ3n) is 5.20. The number of carbonyl (C=O) groups excluding carboxylic acids is 1. The van der Waals surface area contributed by atoms with Crippen molar-refractivity contribution in [3.05, 3.63) is 70.0 Å². The average Bonchev–Trinajstić information content (AvgIpc) is 2.72. The van der Waals surface area contributed by atoms with Crippen LogP contribution in [0.4, 0.5) is 13.2 Å². The van der Waals surface area contributed by atoms with E-state index in [9.17, 15) is 23.1 Å². The van der Waals surface area contributed by atoms with Crippen LogP contribution in [0.25, 0.3) is 5.57 Å². The Hall–Kier alpha value is -2.41. The van der Waals surface area contributed by atoms with Crippen molar-refractivity contribution in [2.24, 2.45) is 5.92 Å². The molecule has 2 aromatic rings. The summed E-state index contributed by atoms with van der Waals surface area (Å²) in [4.78, 5) is 13.2. The Morgan fingerprint density at radius 1 is 1.09 bits per heavy atom. The maximum atomic E-state index is 12.7. The summed E-state index contributed by atoms with van der Waals surface area (Å²) in [6, 6.07) is 9.02. The molecule has 1 unspecified atom stereocenters. The zero-order valence-corrected chi connectivity index (χ0v) is 19.8. The van der Waals surface area contributed by atoms with Gasteiger partial charge in [0.1, 0.15) is 11.3 Å². The fourth-order valence-corrected chi connectivity index (χ4v) is 4.58. The first-order chi connectivity index (χ1) is 14.9. The van der Waals surface area contributed by atoms with Gasteiger partial charge in [0.2, 0.25) is 0 Å². The van der Waals surface area contributed by atoms with E-state index in [1.807, 2.05) is 39.8 Å². The molecule has 0 aromatic heterocycles. The molecule has 0 fully saturated rings. The molecule has 0 saturated carbocycles. The normalized spacial score (nSPS) is 13.5. The molecule has 2 rings (SSSR count). The molecule has 0 aliphatic rings. The van der Waals surface area contributed by atoms with Crippen molar-refractivity contribution in [3.8, 4) is 0 Å². The number of halogens is 3. The largest absolute Gasteiger partial charge is 0.511 e. The van der Waals surface area contributed by atoms with Crippen LogP contribution >= 0.6 is 11.8 Å². The van der Waals surface area contributed by atoms with Gasteiger partial charge in [0.15, 0.2) is 0 Å². The fourth-order valence-electron chi connectivity index (χ4n) is 3.61. The zero-order valence-electron chi connectivity index (χ0n) is 19.0. The number of hydrogen-bond acceptors (Lipinski definition) is 4. The lowest BCUT2D eigenvalue weighted by molar-refractivity contribution is -0.137. The van der Waals surface area contributed by atoms with Gasteiger partial charge in [-0.2, -0.15) is 13.2 Å². The first-order valence-corrected chi connectivity index (χ1v) is 11.3. The number of methoxy groups -OCH3 is 1. The minimum atomic E-state index is -4.34. The Bertz CT molecular complexity index is 956. The lowest BCUT2D eigenvalue weighted by atomic mass is 9.91. The van der Waals surface area contributed by atoms with Crippen LogP contribution in [0.5, 0.6) is 0 Å². The van der Waals surface area contributed by atoms with Gasteiger partial charge in [-0.3, -0.25) is 0 Å². The van der Waals surface area contributed by atoms with Gasteiger partial charge >= 0.3 is 12.1 Å². The molecular weight excluding hydrogens is 437 g/mol. The highest BCUT2D eigenvalue weighted by atomic mass is 32.2. The topological polar surface area (TPSA) is 46.5 Å². The fraction of sp³-hybridized carbons (Fsp3) is 0.400. The van der Waals surface area contributed by atoms with Gasteiger partial charge in [0, 0.05) is 17.1 Å². The van der Waals surface area contributed by atoms with E-state index >= 15 is 0 Å². The standard InChI is InChI=1S/C25H29F3O3S/c1-15(14-32-20-9-7-19(8-10-20)25(26,27)28)6-11-21(29)23(24(30)31-5)22-17(3)12-16(2)13-18(22)4/h7-10,12-13,15,29H,6,11,14H2,1-5H3/b23-21+. The predicted molar refractivity (Wildman–Crippen MR) is 123 cm³/mol. The van der Waals surface area contributed by atoms with Crippen molar-refractivity contribution in [1.82, 2.24) is 0 Å². The molecule has 7 heteroatoms. The van der Waals surface area contributed by atoms with Crippen LogP contribution in [-0.4, -0.2) is 23.9 Å². The van der Waals surface area contributed by atoms with Crippen LogP contribution in [0, 0.1) is 26.7 Å². The maximum Gasteiger partial charge on any atom is 0.416 e. The number of aliphatic hydroxyl groups excluding tert-OH is 1. The predicted octanol–water partition coefficient (Wildman–Crippen LogP) is 7.28. The van der Waals surface area contributed by atoms with E-state index in [1.165, 1.54) is 31.0 Å². The monoisotopic (exact) mass is 466 g/mol. The zero-order chi connectivity index (χ0) is 24.1. The molecule has 1 atom stereocenters. The van der Waals surface area contributed by atoms with E-state index in [0.29, 0.717) is 24.2 Å². The Kier molecular flexibility index (Phi) is 8.84. The van der Waals surface area contributed by atoms with Crippen molar-refractivity contribution in [3.63, 3.8) is 0 Å². The van der Waals surface area contributed by atoms with Gasteiger partial charge in [-0.15, -0.1) is 11.8 Å². The van der Waals surface area contributed by atoms with Crippen LogP contribution in [0.1, 0.15) is 47.6 Å². The number of rotatable bonds is 8. The lowest BCUT2D eigenvalue weighted by Gasteiger charge is -2.17. The van der Waals surface area contributed by atoms with Gasteiger partial charge in [0.25, 0.3) is 0 Å². The van der Waals surface area contributed by atoms with E-state index in [4.69, 9.17) is 4.74 Å². The molecule has 0 aliphatic heterocycles. The summed E-state index contributed by atoms with van der Waals surface area (Å²) in [5.41, 5.74) is 3.06. The number of hydrogen-bond donors (Lipinski definition) is 1. The smallest absolute Gasteiger partial charge is 0.416 e. The molecule has 0 spiro atoms. The van der Waals surface area contributed by atoms with Crippen molar-refractivity contribution < 1.29 is 27.8 Å². The molecule has 0 heterocycles. The molecule has 3 nitrogen and oxygen atoms in total. The molecule has 0 saturated heterocycles. The number of esters is 1. The number of ether oxygens (including phenoxy) is 1. The van der Waals surface area contributed by atoms with Crippen molar-refractivity contribution in [2.45, 2.75) is 51.6 Å². The number of thioether (sulfide) groups is 1. The summed E-state index contributed by atoms with van der Waals surface area (Å²) in [7, 11) is 1.29. The summed E-state index contributed by atoms with van der Waals surface area (Å²) in [6.45, 7) is 7.77. The molecular formula is C25H29F3O3S. The number of benzene rings is 2. The molecule has 0 radical (unpaired) electrons. The molecule has 174 valence electrons. The second-order valence-corrected chi connectivity index (χ2v) is 9.16. The van der Waals surface area contributed by atoms with Crippen molar-refractivity contribution >= 4 is 23.3 Å². The van der Waals surface area contributed by atoms with E-state index in [2.05, 4.69) is 0 Å². The molecule has 2 aromatic carbocycles. The third kappa shape index (κ3) is 6.79. The Labute approximate surface area is 191 Å². The molecule has 1 N–H and O–H groups in total. The highest BCUT2D eigenvalue weighted by Gasteiger charge is 2.30. The second kappa shape index (κ2) is 10.9. The summed E-state index contributed by atoms with van der Waals surface area (Å²) in [5, 5.41) is 10.8. The highest BCUT2D eigenvalue weighted by molar-refractivity contribution is 7.99. The number of aliphatic hydroxyl groups is 1. The van der Waals surface area contributed by atoms with Gasteiger partial charge in [0.05, 0.1) is 12.7 Å². The number of carbonyl (C=O) groups is 1. The average molecular weight is 467 g/mol. The number of allylic oxidation sites excluding steroid dienone is 1.